The zero-order valence-electron chi connectivity index (χ0n) is 8.33. The number of hydrogen-bond donors (Lipinski definition) is 1. The molecule has 0 atom stereocenters. The summed E-state index contributed by atoms with van der Waals surface area (Å²) in [5.41, 5.74) is 0. The van der Waals surface area contributed by atoms with Crippen LogP contribution in [0.5, 0.6) is 0 Å². The van der Waals surface area contributed by atoms with Crippen molar-refractivity contribution in [2.45, 2.75) is 12.8 Å². The van der Waals surface area contributed by atoms with Crippen molar-refractivity contribution in [1.82, 2.24) is 15.0 Å². The van der Waals surface area contributed by atoms with Crippen LogP contribution in [0, 0.1) is 0 Å². The van der Waals surface area contributed by atoms with Gasteiger partial charge in [0.2, 0.25) is 16.5 Å². The van der Waals surface area contributed by atoms with E-state index in [9.17, 15) is 0 Å². The Morgan fingerprint density at radius 1 is 1.13 bits per heavy atom. The molecule has 0 spiro atoms. The van der Waals surface area contributed by atoms with Gasteiger partial charge in [-0.3, -0.25) is 0 Å². The Hall–Kier alpha value is -0.260. The van der Waals surface area contributed by atoms with Gasteiger partial charge in [0.05, 0.1) is 0 Å². The van der Waals surface area contributed by atoms with Gasteiger partial charge in [0, 0.05) is 6.54 Å². The predicted octanol–water partition coefficient (Wildman–Crippen LogP) is 2.73. The molecular formula is C8H12Cl2N4S. The molecule has 0 aliphatic rings. The van der Waals surface area contributed by atoms with Crippen LogP contribution in [0.1, 0.15) is 12.8 Å². The highest BCUT2D eigenvalue weighted by atomic mass is 35.5. The lowest BCUT2D eigenvalue weighted by atomic mass is 10.3. The van der Waals surface area contributed by atoms with Crippen LogP contribution >= 0.6 is 35.0 Å². The number of aromatic nitrogens is 3. The summed E-state index contributed by atoms with van der Waals surface area (Å²) in [5.74, 6) is 1.60. The van der Waals surface area contributed by atoms with Crippen LogP contribution in [0.4, 0.5) is 5.95 Å². The maximum atomic E-state index is 5.62. The van der Waals surface area contributed by atoms with E-state index in [4.69, 9.17) is 23.2 Å². The van der Waals surface area contributed by atoms with Gasteiger partial charge in [-0.25, -0.2) is 0 Å². The molecule has 0 aliphatic heterocycles. The standard InChI is InChI=1S/C8H12Cl2N4S/c1-15-5-3-2-4-11-8-13-6(9)12-7(10)14-8/h2-5H2,1H3,(H,11,12,13,14). The maximum absolute atomic E-state index is 5.62. The molecule has 1 aromatic rings. The van der Waals surface area contributed by atoms with E-state index in [-0.39, 0.29) is 10.6 Å². The van der Waals surface area contributed by atoms with E-state index in [0.29, 0.717) is 5.95 Å². The summed E-state index contributed by atoms with van der Waals surface area (Å²) in [5, 5.41) is 3.27. The highest BCUT2D eigenvalue weighted by molar-refractivity contribution is 7.98. The monoisotopic (exact) mass is 266 g/mol. The number of thioether (sulfide) groups is 1. The van der Waals surface area contributed by atoms with Crippen molar-refractivity contribution in [3.05, 3.63) is 10.6 Å². The molecule has 1 aromatic heterocycles. The average Bonchev–Trinajstić information content (AvgIpc) is 2.16. The predicted molar refractivity (Wildman–Crippen MR) is 66.0 cm³/mol. The highest BCUT2D eigenvalue weighted by Crippen LogP contribution is 2.09. The second-order valence-corrected chi connectivity index (χ2v) is 4.49. The van der Waals surface area contributed by atoms with Crippen LogP contribution in [0.15, 0.2) is 0 Å². The Labute approximate surface area is 103 Å². The first kappa shape index (κ1) is 12.8. The Balaban J connectivity index is 2.31. The van der Waals surface area contributed by atoms with E-state index in [1.807, 2.05) is 11.8 Å². The van der Waals surface area contributed by atoms with Gasteiger partial charge < -0.3 is 5.32 Å². The van der Waals surface area contributed by atoms with E-state index >= 15 is 0 Å². The molecule has 1 heterocycles. The SMILES string of the molecule is CSCCCCNc1nc(Cl)nc(Cl)n1. The van der Waals surface area contributed by atoms with Crippen molar-refractivity contribution < 1.29 is 0 Å². The van der Waals surface area contributed by atoms with Crippen molar-refractivity contribution in [2.24, 2.45) is 0 Å². The van der Waals surface area contributed by atoms with Gasteiger partial charge in [-0.05, 0) is 48.1 Å². The minimum Gasteiger partial charge on any atom is -0.354 e. The number of hydrogen-bond acceptors (Lipinski definition) is 5. The minimum absolute atomic E-state index is 0.113. The van der Waals surface area contributed by atoms with Crippen LogP contribution in [0.2, 0.25) is 10.6 Å². The van der Waals surface area contributed by atoms with Crippen molar-refractivity contribution in [3.63, 3.8) is 0 Å². The van der Waals surface area contributed by atoms with Gasteiger partial charge in [0.25, 0.3) is 0 Å². The summed E-state index contributed by atoms with van der Waals surface area (Å²) in [6.45, 7) is 0.817. The van der Waals surface area contributed by atoms with Crippen LogP contribution < -0.4 is 5.32 Å². The molecule has 84 valence electrons. The zero-order valence-corrected chi connectivity index (χ0v) is 10.7. The van der Waals surface area contributed by atoms with Crippen LogP contribution in [0.3, 0.4) is 0 Å². The summed E-state index contributed by atoms with van der Waals surface area (Å²) >= 11 is 13.1. The first-order valence-electron chi connectivity index (χ1n) is 4.52. The fourth-order valence-corrected chi connectivity index (χ4v) is 1.83. The molecule has 0 aliphatic carbocycles. The summed E-state index contributed by atoms with van der Waals surface area (Å²) in [7, 11) is 0. The van der Waals surface area contributed by atoms with Crippen molar-refractivity contribution in [2.75, 3.05) is 23.9 Å². The molecular weight excluding hydrogens is 255 g/mol. The molecule has 0 bridgehead atoms. The highest BCUT2D eigenvalue weighted by Gasteiger charge is 2.01. The number of nitrogens with zero attached hydrogens (tertiary/aromatic N) is 3. The lowest BCUT2D eigenvalue weighted by Crippen LogP contribution is -2.06. The third kappa shape index (κ3) is 5.39. The van der Waals surface area contributed by atoms with Gasteiger partial charge in [-0.2, -0.15) is 26.7 Å². The lowest BCUT2D eigenvalue weighted by Gasteiger charge is -2.04. The molecule has 0 saturated carbocycles. The number of unbranched alkanes of at least 4 members (excludes halogenated alkanes) is 1. The fourth-order valence-electron chi connectivity index (χ4n) is 0.977. The number of halogens is 2. The Morgan fingerprint density at radius 2 is 1.80 bits per heavy atom. The quantitative estimate of drug-likeness (QED) is 0.803. The van der Waals surface area contributed by atoms with E-state index in [0.717, 1.165) is 13.0 Å². The van der Waals surface area contributed by atoms with Gasteiger partial charge in [-0.15, -0.1) is 0 Å². The fraction of sp³-hybridized carbons (Fsp3) is 0.625. The Bertz CT molecular complexity index is 290. The first-order valence-corrected chi connectivity index (χ1v) is 6.67. The van der Waals surface area contributed by atoms with Crippen LogP contribution in [-0.4, -0.2) is 33.5 Å². The molecule has 0 amide bonds. The van der Waals surface area contributed by atoms with Crippen molar-refractivity contribution in [3.8, 4) is 0 Å². The molecule has 1 N–H and O–H groups in total. The van der Waals surface area contributed by atoms with E-state index in [1.54, 1.807) is 0 Å². The Morgan fingerprint density at radius 3 is 2.40 bits per heavy atom. The normalized spacial score (nSPS) is 10.3. The van der Waals surface area contributed by atoms with Gasteiger partial charge in [0.15, 0.2) is 0 Å². The third-order valence-corrected chi connectivity index (χ3v) is 2.67. The maximum Gasteiger partial charge on any atom is 0.228 e. The molecule has 0 saturated heterocycles. The van der Waals surface area contributed by atoms with E-state index < -0.39 is 0 Å². The Kier molecular flexibility index (Phi) is 6.05. The van der Waals surface area contributed by atoms with Gasteiger partial charge >= 0.3 is 0 Å². The molecule has 1 rings (SSSR count). The molecule has 0 radical (unpaired) electrons. The molecule has 0 fully saturated rings. The first-order chi connectivity index (χ1) is 7.22. The van der Waals surface area contributed by atoms with Crippen LogP contribution in [0.25, 0.3) is 0 Å². The van der Waals surface area contributed by atoms with Gasteiger partial charge in [0.1, 0.15) is 0 Å². The van der Waals surface area contributed by atoms with E-state index in [1.165, 1.54) is 12.2 Å². The summed E-state index contributed by atoms with van der Waals surface area (Å²) < 4.78 is 0. The van der Waals surface area contributed by atoms with E-state index in [2.05, 4.69) is 26.5 Å². The smallest absolute Gasteiger partial charge is 0.228 e. The lowest BCUT2D eigenvalue weighted by molar-refractivity contribution is 0.832. The summed E-state index contributed by atoms with van der Waals surface area (Å²) in [4.78, 5) is 11.4. The van der Waals surface area contributed by atoms with Crippen molar-refractivity contribution >= 4 is 40.9 Å². The largest absolute Gasteiger partial charge is 0.354 e. The average molecular weight is 267 g/mol. The summed E-state index contributed by atoms with van der Waals surface area (Å²) in [6, 6.07) is 0. The van der Waals surface area contributed by atoms with Gasteiger partial charge in [-0.1, -0.05) is 0 Å². The molecule has 7 heteroatoms. The second kappa shape index (κ2) is 7.09. The number of rotatable bonds is 6. The zero-order chi connectivity index (χ0) is 11.1. The van der Waals surface area contributed by atoms with Crippen molar-refractivity contribution in [1.29, 1.82) is 0 Å². The molecule has 15 heavy (non-hydrogen) atoms. The minimum atomic E-state index is 0.113. The second-order valence-electron chi connectivity index (χ2n) is 2.82. The molecule has 0 aromatic carbocycles. The van der Waals surface area contributed by atoms with Crippen LogP contribution in [-0.2, 0) is 0 Å². The number of nitrogens with one attached hydrogen (secondary N) is 1. The third-order valence-electron chi connectivity index (χ3n) is 1.64. The topological polar surface area (TPSA) is 50.7 Å². The number of anilines is 1. The molecule has 4 nitrogen and oxygen atoms in total. The molecule has 0 unspecified atom stereocenters. The summed E-state index contributed by atoms with van der Waals surface area (Å²) in [6.07, 6.45) is 4.33.